The van der Waals surface area contributed by atoms with Crippen molar-refractivity contribution in [2.75, 3.05) is 26.4 Å². The summed E-state index contributed by atoms with van der Waals surface area (Å²) in [7, 11) is 0. The molecule has 0 aliphatic carbocycles. The van der Waals surface area contributed by atoms with Crippen LogP contribution in [0.4, 0.5) is 0 Å². The van der Waals surface area contributed by atoms with E-state index in [0.29, 0.717) is 0 Å². The highest BCUT2D eigenvalue weighted by molar-refractivity contribution is 4.44. The average molecular weight is 222 g/mol. The van der Waals surface area contributed by atoms with Crippen molar-refractivity contribution in [2.24, 2.45) is 0 Å². The van der Waals surface area contributed by atoms with Crippen molar-refractivity contribution >= 4 is 0 Å². The van der Waals surface area contributed by atoms with Crippen molar-refractivity contribution in [3.05, 3.63) is 0 Å². The number of aliphatic hydroxyl groups excluding tert-OH is 3. The largest absolute Gasteiger partial charge is 0.394 e. The fraction of sp³-hybridized carbons (Fsp3) is 1.00. The highest BCUT2D eigenvalue weighted by Gasteiger charge is 1.93. The number of hydrogen-bond donors (Lipinski definition) is 3. The van der Waals surface area contributed by atoms with Gasteiger partial charge in [0.05, 0.1) is 13.2 Å². The molecule has 0 aromatic heterocycles. The van der Waals surface area contributed by atoms with E-state index in [-0.39, 0.29) is 13.2 Å². The summed E-state index contributed by atoms with van der Waals surface area (Å²) >= 11 is 0. The fourth-order valence-electron chi connectivity index (χ4n) is 0.653. The molecule has 15 heavy (non-hydrogen) atoms. The maximum absolute atomic E-state index is 8.17. The van der Waals surface area contributed by atoms with Crippen LogP contribution in [0.5, 0.6) is 0 Å². The van der Waals surface area contributed by atoms with E-state index in [2.05, 4.69) is 13.8 Å². The number of aliphatic hydroxyl groups is 3. The molecule has 4 nitrogen and oxygen atoms in total. The van der Waals surface area contributed by atoms with Crippen molar-refractivity contribution in [3.8, 4) is 0 Å². The maximum atomic E-state index is 8.17. The van der Waals surface area contributed by atoms with Gasteiger partial charge in [0.15, 0.2) is 0 Å². The summed E-state index contributed by atoms with van der Waals surface area (Å²) in [6.45, 7) is 5.55. The lowest BCUT2D eigenvalue weighted by Gasteiger charge is -1.99. The maximum Gasteiger partial charge on any atom is 0.100 e. The molecule has 0 fully saturated rings. The summed E-state index contributed by atoms with van der Waals surface area (Å²) in [5.74, 6) is 0. The molecular weight excluding hydrogens is 196 g/mol. The Morgan fingerprint density at radius 3 is 1.53 bits per heavy atom. The quantitative estimate of drug-likeness (QED) is 0.534. The van der Waals surface area contributed by atoms with Crippen molar-refractivity contribution in [1.82, 2.24) is 0 Å². The Morgan fingerprint density at radius 2 is 1.33 bits per heavy atom. The van der Waals surface area contributed by atoms with Gasteiger partial charge >= 0.3 is 0 Å². The molecule has 0 radical (unpaired) electrons. The second-order valence-corrected chi connectivity index (χ2v) is 3.34. The molecule has 0 aliphatic heterocycles. The van der Waals surface area contributed by atoms with Crippen molar-refractivity contribution in [2.45, 2.75) is 45.6 Å². The molecule has 0 aromatic carbocycles. The first kappa shape index (κ1) is 17.2. The van der Waals surface area contributed by atoms with E-state index >= 15 is 0 Å². The lowest BCUT2D eigenvalue weighted by molar-refractivity contribution is 0.0450. The summed E-state index contributed by atoms with van der Waals surface area (Å²) in [5, 5.41) is 24.0. The zero-order valence-corrected chi connectivity index (χ0v) is 9.98. The van der Waals surface area contributed by atoms with Crippen LogP contribution in [0.2, 0.25) is 0 Å². The van der Waals surface area contributed by atoms with Gasteiger partial charge in [0, 0.05) is 13.2 Å². The van der Waals surface area contributed by atoms with Crippen LogP contribution < -0.4 is 0 Å². The minimum Gasteiger partial charge on any atom is -0.394 e. The summed E-state index contributed by atoms with van der Waals surface area (Å²) in [6, 6.07) is 0. The normalized spacial score (nSPS) is 10.0. The standard InChI is InChI=1S/C8H18O.C3H8O3/c1-3-5-7-9-8-6-4-2;4-1-3(6)2-5/h3-8H2,1-2H3;3-6H,1-2H2. The van der Waals surface area contributed by atoms with Crippen LogP contribution in [0.1, 0.15) is 39.5 Å². The average Bonchev–Trinajstić information content (AvgIpc) is 2.29. The SMILES string of the molecule is CCCCOCCCC.OCC(O)CO. The van der Waals surface area contributed by atoms with Gasteiger partial charge in [-0.15, -0.1) is 0 Å². The van der Waals surface area contributed by atoms with Gasteiger partial charge in [0.25, 0.3) is 0 Å². The molecule has 0 aliphatic rings. The third-order valence-corrected chi connectivity index (χ3v) is 1.71. The Morgan fingerprint density at radius 1 is 0.933 bits per heavy atom. The predicted molar refractivity (Wildman–Crippen MR) is 60.8 cm³/mol. The van der Waals surface area contributed by atoms with Gasteiger partial charge in [-0.25, -0.2) is 0 Å². The van der Waals surface area contributed by atoms with Gasteiger partial charge < -0.3 is 20.1 Å². The Labute approximate surface area is 92.9 Å². The molecule has 3 N–H and O–H groups in total. The molecule has 0 heterocycles. The van der Waals surface area contributed by atoms with Crippen LogP contribution in [-0.4, -0.2) is 47.9 Å². The monoisotopic (exact) mass is 222 g/mol. The van der Waals surface area contributed by atoms with Crippen molar-refractivity contribution in [1.29, 1.82) is 0 Å². The molecule has 0 unspecified atom stereocenters. The lowest BCUT2D eigenvalue weighted by atomic mass is 10.3. The summed E-state index contributed by atoms with van der Waals surface area (Å²) in [6.07, 6.45) is 3.95. The zero-order chi connectivity index (χ0) is 11.9. The summed E-state index contributed by atoms with van der Waals surface area (Å²) < 4.78 is 5.31. The van der Waals surface area contributed by atoms with Crippen LogP contribution >= 0.6 is 0 Å². The van der Waals surface area contributed by atoms with Gasteiger partial charge in [0.2, 0.25) is 0 Å². The van der Waals surface area contributed by atoms with Crippen LogP contribution in [0.3, 0.4) is 0 Å². The molecule has 0 saturated carbocycles. The van der Waals surface area contributed by atoms with Gasteiger partial charge in [-0.1, -0.05) is 26.7 Å². The van der Waals surface area contributed by atoms with Crippen molar-refractivity contribution < 1.29 is 20.1 Å². The Balaban J connectivity index is 0. The van der Waals surface area contributed by atoms with Crippen LogP contribution in [-0.2, 0) is 4.74 Å². The van der Waals surface area contributed by atoms with E-state index in [1.165, 1.54) is 25.7 Å². The first-order valence-electron chi connectivity index (χ1n) is 5.70. The molecule has 0 rings (SSSR count). The first-order valence-corrected chi connectivity index (χ1v) is 5.70. The van der Waals surface area contributed by atoms with Gasteiger partial charge in [-0.2, -0.15) is 0 Å². The van der Waals surface area contributed by atoms with E-state index in [1.807, 2.05) is 0 Å². The predicted octanol–water partition coefficient (Wildman–Crippen LogP) is 0.935. The minimum atomic E-state index is -0.954. The van der Waals surface area contributed by atoms with E-state index in [0.717, 1.165) is 13.2 Å². The highest BCUT2D eigenvalue weighted by Crippen LogP contribution is 1.91. The Hall–Kier alpha value is -0.160. The molecule has 94 valence electrons. The second-order valence-electron chi connectivity index (χ2n) is 3.34. The molecule has 0 saturated heterocycles. The smallest absolute Gasteiger partial charge is 0.100 e. The van der Waals surface area contributed by atoms with E-state index in [1.54, 1.807) is 0 Å². The molecule has 0 bridgehead atoms. The van der Waals surface area contributed by atoms with Crippen LogP contribution in [0.15, 0.2) is 0 Å². The van der Waals surface area contributed by atoms with Crippen molar-refractivity contribution in [3.63, 3.8) is 0 Å². The molecule has 0 amide bonds. The number of rotatable bonds is 8. The second kappa shape index (κ2) is 16.3. The highest BCUT2D eigenvalue weighted by atomic mass is 16.5. The fourth-order valence-corrected chi connectivity index (χ4v) is 0.653. The van der Waals surface area contributed by atoms with Crippen LogP contribution in [0, 0.1) is 0 Å². The summed E-state index contributed by atoms with van der Waals surface area (Å²) in [4.78, 5) is 0. The molecular formula is C11H26O4. The topological polar surface area (TPSA) is 69.9 Å². The van der Waals surface area contributed by atoms with Gasteiger partial charge in [0.1, 0.15) is 6.10 Å². The van der Waals surface area contributed by atoms with Gasteiger partial charge in [-0.05, 0) is 12.8 Å². The number of hydrogen-bond acceptors (Lipinski definition) is 4. The Bertz CT molecular complexity index is 88.6. The summed E-state index contributed by atoms with van der Waals surface area (Å²) in [5.41, 5.74) is 0. The first-order chi connectivity index (χ1) is 7.22. The Kier molecular flexibility index (Phi) is 18.7. The van der Waals surface area contributed by atoms with Gasteiger partial charge in [-0.3, -0.25) is 0 Å². The van der Waals surface area contributed by atoms with E-state index in [4.69, 9.17) is 20.1 Å². The van der Waals surface area contributed by atoms with E-state index in [9.17, 15) is 0 Å². The van der Waals surface area contributed by atoms with Crippen LogP contribution in [0.25, 0.3) is 0 Å². The molecule has 0 aromatic rings. The third kappa shape index (κ3) is 20.0. The number of unbranched alkanes of at least 4 members (excludes halogenated alkanes) is 2. The zero-order valence-electron chi connectivity index (χ0n) is 9.98. The molecule has 4 heteroatoms. The van der Waals surface area contributed by atoms with E-state index < -0.39 is 6.10 Å². The molecule has 0 atom stereocenters. The lowest BCUT2D eigenvalue weighted by Crippen LogP contribution is -2.15. The number of ether oxygens (including phenoxy) is 1. The third-order valence-electron chi connectivity index (χ3n) is 1.71. The molecule has 0 spiro atoms. The minimum absolute atomic E-state index is 0.365.